The average molecular weight is 510 g/mol. The Balaban J connectivity index is 6.93. The van der Waals surface area contributed by atoms with Gasteiger partial charge in [0.15, 0.2) is 0 Å². The van der Waals surface area contributed by atoms with Gasteiger partial charge in [0.25, 0.3) is 0 Å². The van der Waals surface area contributed by atoms with Crippen LogP contribution in [0.2, 0.25) is 0 Å². The van der Waals surface area contributed by atoms with Crippen LogP contribution < -0.4 is 0 Å². The van der Waals surface area contributed by atoms with Gasteiger partial charge >= 0.3 is 53.5 Å². The monoisotopic (exact) mass is 510 g/mol. The summed E-state index contributed by atoms with van der Waals surface area (Å²) in [6.07, 6.45) is -8.19. The molecule has 0 saturated carbocycles. The van der Waals surface area contributed by atoms with E-state index in [4.69, 9.17) is 5.11 Å². The van der Waals surface area contributed by atoms with Gasteiger partial charge in [-0.05, 0) is 0 Å². The Kier molecular flexibility index (Phi) is 6.68. The van der Waals surface area contributed by atoms with E-state index in [1.54, 1.807) is 0 Å². The van der Waals surface area contributed by atoms with Crippen LogP contribution in [-0.4, -0.2) is 58.6 Å². The molecule has 0 aromatic carbocycles. The highest BCUT2D eigenvalue weighted by Gasteiger charge is 2.96. The normalized spacial score (nSPS) is 16.1. The summed E-state index contributed by atoms with van der Waals surface area (Å²) in [5.74, 6) is -68.0. The second-order valence-corrected chi connectivity index (χ2v) is 5.36. The lowest BCUT2D eigenvalue weighted by Gasteiger charge is -2.43. The van der Waals surface area contributed by atoms with Crippen molar-refractivity contribution in [2.24, 2.45) is 0 Å². The van der Waals surface area contributed by atoms with Gasteiger partial charge in [-0.1, -0.05) is 0 Å². The number of hydrogen-bond donors (Lipinski definition) is 1. The van der Waals surface area contributed by atoms with Crippen molar-refractivity contribution in [1.82, 2.24) is 0 Å². The molecular formula is C11HF19O. The number of hydrogen-bond acceptors (Lipinski definition) is 1. The summed E-state index contributed by atoms with van der Waals surface area (Å²) in [5, 5.41) is 7.42. The third kappa shape index (κ3) is 3.51. The molecule has 0 bridgehead atoms. The minimum absolute atomic E-state index is 0.757. The molecule has 0 spiro atoms. The number of aliphatic hydroxyl groups is 1. The first-order valence-corrected chi connectivity index (χ1v) is 6.31. The zero-order chi connectivity index (χ0) is 25.9. The fourth-order valence-electron chi connectivity index (χ4n) is 1.51. The van der Waals surface area contributed by atoms with Gasteiger partial charge in [0, 0.05) is 5.92 Å². The van der Waals surface area contributed by atoms with Crippen LogP contribution in [0.4, 0.5) is 83.4 Å². The maximum Gasteiger partial charge on any atom is 0.423 e. The van der Waals surface area contributed by atoms with Gasteiger partial charge < -0.3 is 5.11 Å². The first kappa shape index (κ1) is 29.2. The summed E-state index contributed by atoms with van der Waals surface area (Å²) in [6.45, 7) is 0. The molecule has 20 heteroatoms. The van der Waals surface area contributed by atoms with Crippen LogP contribution in [0.5, 0.6) is 0 Å². The third-order valence-electron chi connectivity index (χ3n) is 3.34. The predicted octanol–water partition coefficient (Wildman–Crippen LogP) is 5.58. The molecule has 0 aliphatic heterocycles. The van der Waals surface area contributed by atoms with Crippen LogP contribution in [0.25, 0.3) is 0 Å². The summed E-state index contributed by atoms with van der Waals surface area (Å²) in [4.78, 5) is 0. The van der Waals surface area contributed by atoms with E-state index >= 15 is 0 Å². The molecule has 0 aliphatic carbocycles. The Morgan fingerprint density at radius 1 is 0.387 bits per heavy atom. The Hall–Kier alpha value is -1.81. The van der Waals surface area contributed by atoms with Gasteiger partial charge in [0.2, 0.25) is 0 Å². The van der Waals surface area contributed by atoms with E-state index in [0.29, 0.717) is 0 Å². The molecule has 0 radical (unpaired) electrons. The fourth-order valence-corrected chi connectivity index (χ4v) is 1.51. The van der Waals surface area contributed by atoms with Crippen molar-refractivity contribution in [3.05, 3.63) is 0 Å². The smallest absolute Gasteiger partial charge is 0.331 e. The Morgan fingerprint density at radius 2 is 0.613 bits per heavy atom. The van der Waals surface area contributed by atoms with Crippen LogP contribution in [0.3, 0.4) is 0 Å². The quantitative estimate of drug-likeness (QED) is 0.334. The molecular weight excluding hydrogens is 509 g/mol. The summed E-state index contributed by atoms with van der Waals surface area (Å²) in [6, 6.07) is 0. The van der Waals surface area contributed by atoms with Crippen LogP contribution >= 0.6 is 0 Å². The van der Waals surface area contributed by atoms with E-state index in [1.807, 2.05) is 0 Å². The highest BCUT2D eigenvalue weighted by molar-refractivity contribution is 5.21. The number of rotatable bonds is 8. The van der Waals surface area contributed by atoms with Gasteiger partial charge in [0.1, 0.15) is 6.17 Å². The van der Waals surface area contributed by atoms with Gasteiger partial charge in [-0.25, -0.2) is 0 Å². The van der Waals surface area contributed by atoms with Crippen LogP contribution in [0, 0.1) is 12.1 Å². The second-order valence-electron chi connectivity index (χ2n) is 5.36. The molecule has 0 heterocycles. The van der Waals surface area contributed by atoms with E-state index in [2.05, 4.69) is 0 Å². The zero-order valence-electron chi connectivity index (χ0n) is 13.1. The standard InChI is InChI=1S/C11HF19O/c12-2-1-3(13,14)4(15,16)5(17,18)6(19,20)7(21,22)8(23,24)9(25,26)10(27,28)11(29,30)31/h31H. The molecule has 0 saturated heterocycles. The highest BCUT2D eigenvalue weighted by atomic mass is 19.4. The molecule has 0 unspecified atom stereocenters. The molecule has 184 valence electrons. The second kappa shape index (κ2) is 7.10. The minimum atomic E-state index is -8.94. The van der Waals surface area contributed by atoms with Crippen molar-refractivity contribution in [2.45, 2.75) is 53.5 Å². The third-order valence-corrected chi connectivity index (χ3v) is 3.34. The van der Waals surface area contributed by atoms with Gasteiger partial charge in [-0.15, -0.1) is 4.39 Å². The molecule has 0 amide bonds. The zero-order valence-corrected chi connectivity index (χ0v) is 13.1. The lowest BCUT2D eigenvalue weighted by atomic mass is 9.87. The van der Waals surface area contributed by atoms with Crippen LogP contribution in [-0.2, 0) is 0 Å². The highest BCUT2D eigenvalue weighted by Crippen LogP contribution is 2.64. The fraction of sp³-hybridized carbons (Fsp3) is 0.818. The van der Waals surface area contributed by atoms with Crippen molar-refractivity contribution in [1.29, 1.82) is 0 Å². The molecule has 31 heavy (non-hydrogen) atoms. The van der Waals surface area contributed by atoms with Crippen molar-refractivity contribution < 1.29 is 88.5 Å². The maximum atomic E-state index is 13.2. The lowest BCUT2D eigenvalue weighted by Crippen LogP contribution is -2.76. The van der Waals surface area contributed by atoms with Crippen molar-refractivity contribution in [3.63, 3.8) is 0 Å². The number of alkyl halides is 18. The number of halogens is 19. The molecule has 0 rings (SSSR count). The SMILES string of the molecule is OC(F)(F)C(F)(F)C(F)(F)C(F)(F)C(F)(F)C(F)(F)C(F)(F)C(F)(F)C(F)(F)C#CF. The summed E-state index contributed by atoms with van der Waals surface area (Å²) < 4.78 is 243. The first-order valence-electron chi connectivity index (χ1n) is 6.31. The summed E-state index contributed by atoms with van der Waals surface area (Å²) in [7, 11) is 0. The maximum absolute atomic E-state index is 13.2. The Bertz CT molecular complexity index is 732. The molecule has 0 aromatic rings. The molecule has 0 atom stereocenters. The Labute approximate surface area is 155 Å². The molecule has 1 N–H and O–H groups in total. The topological polar surface area (TPSA) is 20.2 Å². The van der Waals surface area contributed by atoms with Crippen molar-refractivity contribution in [2.75, 3.05) is 0 Å². The van der Waals surface area contributed by atoms with Gasteiger partial charge in [0.05, 0.1) is 0 Å². The molecule has 0 fully saturated rings. The molecule has 0 aliphatic rings. The minimum Gasteiger partial charge on any atom is -0.331 e. The first-order chi connectivity index (χ1) is 13.1. The van der Waals surface area contributed by atoms with Crippen molar-refractivity contribution in [3.8, 4) is 12.1 Å². The van der Waals surface area contributed by atoms with E-state index in [-0.39, 0.29) is 0 Å². The lowest BCUT2D eigenvalue weighted by molar-refractivity contribution is -0.473. The van der Waals surface area contributed by atoms with Crippen LogP contribution in [0.1, 0.15) is 0 Å². The molecule has 0 aromatic heterocycles. The predicted molar refractivity (Wildman–Crippen MR) is 55.6 cm³/mol. The van der Waals surface area contributed by atoms with Gasteiger partial charge in [-0.3, -0.25) is 0 Å². The summed E-state index contributed by atoms with van der Waals surface area (Å²) in [5.41, 5.74) is 0. The molecule has 1 nitrogen and oxygen atoms in total. The van der Waals surface area contributed by atoms with E-state index in [1.165, 1.54) is 0 Å². The largest absolute Gasteiger partial charge is 0.423 e. The van der Waals surface area contributed by atoms with Gasteiger partial charge in [-0.2, -0.15) is 79.0 Å². The van der Waals surface area contributed by atoms with Crippen LogP contribution in [0.15, 0.2) is 0 Å². The van der Waals surface area contributed by atoms with E-state index in [9.17, 15) is 83.4 Å². The Morgan fingerprint density at radius 3 is 0.839 bits per heavy atom. The average Bonchev–Trinajstić information content (AvgIpc) is 2.52. The van der Waals surface area contributed by atoms with E-state index < -0.39 is 65.6 Å². The van der Waals surface area contributed by atoms with Crippen molar-refractivity contribution >= 4 is 0 Å². The summed E-state index contributed by atoms with van der Waals surface area (Å²) >= 11 is 0. The van der Waals surface area contributed by atoms with E-state index in [0.717, 1.165) is 0 Å².